The van der Waals surface area contributed by atoms with E-state index in [1.54, 1.807) is 29.2 Å². The van der Waals surface area contributed by atoms with Crippen LogP contribution in [0.15, 0.2) is 24.3 Å². The van der Waals surface area contributed by atoms with Crippen LogP contribution < -0.4 is 5.32 Å². The molecule has 0 aromatic heterocycles. The molecule has 1 heterocycles. The molecular formula is C17H24N2O5S. The number of rotatable bonds is 7. The summed E-state index contributed by atoms with van der Waals surface area (Å²) in [7, 11) is -1.68. The molecule has 2 rings (SSSR count). The van der Waals surface area contributed by atoms with E-state index >= 15 is 0 Å². The van der Waals surface area contributed by atoms with E-state index in [2.05, 4.69) is 10.1 Å². The van der Waals surface area contributed by atoms with Crippen LogP contribution in [0.5, 0.6) is 0 Å². The third-order valence-corrected chi connectivity index (χ3v) is 6.03. The van der Waals surface area contributed by atoms with Crippen molar-refractivity contribution in [1.82, 2.24) is 4.90 Å². The van der Waals surface area contributed by atoms with Crippen molar-refractivity contribution in [2.75, 3.05) is 37.0 Å². The van der Waals surface area contributed by atoms with Crippen LogP contribution in [-0.4, -0.2) is 62.9 Å². The molecule has 25 heavy (non-hydrogen) atoms. The summed E-state index contributed by atoms with van der Waals surface area (Å²) in [5.41, 5.74) is 1.26. The van der Waals surface area contributed by atoms with E-state index in [1.165, 1.54) is 7.11 Å². The number of amides is 1. The first-order valence-corrected chi connectivity index (χ1v) is 10.1. The van der Waals surface area contributed by atoms with Gasteiger partial charge in [-0.05, 0) is 37.6 Å². The van der Waals surface area contributed by atoms with Crippen LogP contribution in [0.3, 0.4) is 0 Å². The fourth-order valence-corrected chi connectivity index (χ4v) is 4.69. The number of methoxy groups -OCH3 is 1. The third-order valence-electron chi connectivity index (χ3n) is 4.28. The molecule has 0 bridgehead atoms. The smallest absolute Gasteiger partial charge is 0.337 e. The fourth-order valence-electron chi connectivity index (χ4n) is 2.96. The van der Waals surface area contributed by atoms with Gasteiger partial charge >= 0.3 is 5.97 Å². The lowest BCUT2D eigenvalue weighted by molar-refractivity contribution is -0.132. The highest BCUT2D eigenvalue weighted by atomic mass is 32.2. The zero-order valence-corrected chi connectivity index (χ0v) is 15.3. The van der Waals surface area contributed by atoms with Crippen LogP contribution in [-0.2, 0) is 19.4 Å². The molecule has 1 aromatic carbocycles. The number of anilines is 1. The Labute approximate surface area is 148 Å². The summed E-state index contributed by atoms with van der Waals surface area (Å²) in [6.45, 7) is 2.81. The molecule has 1 amide bonds. The summed E-state index contributed by atoms with van der Waals surface area (Å²) in [4.78, 5) is 25.4. The molecule has 0 radical (unpaired) electrons. The minimum absolute atomic E-state index is 0.0525. The van der Waals surface area contributed by atoms with Crippen molar-refractivity contribution >= 4 is 27.4 Å². The molecule has 1 saturated heterocycles. The SMILES string of the molecule is CCN(C(=O)CCNc1ccc(C(=O)OC)cc1)C1CCS(=O)(=O)C1. The van der Waals surface area contributed by atoms with Gasteiger partial charge in [0.05, 0.1) is 24.2 Å². The second kappa shape index (κ2) is 8.33. The Bertz CT molecular complexity index is 715. The topological polar surface area (TPSA) is 92.8 Å². The molecule has 1 aliphatic rings. The fraction of sp³-hybridized carbons (Fsp3) is 0.529. The van der Waals surface area contributed by atoms with Gasteiger partial charge in [0.1, 0.15) is 0 Å². The Morgan fingerprint density at radius 1 is 1.28 bits per heavy atom. The van der Waals surface area contributed by atoms with Gasteiger partial charge in [-0.3, -0.25) is 4.79 Å². The van der Waals surface area contributed by atoms with Gasteiger partial charge in [0.15, 0.2) is 9.84 Å². The number of nitrogens with one attached hydrogen (secondary N) is 1. The number of sulfone groups is 1. The Hall–Kier alpha value is -2.09. The van der Waals surface area contributed by atoms with Gasteiger partial charge in [-0.15, -0.1) is 0 Å². The molecule has 1 N–H and O–H groups in total. The van der Waals surface area contributed by atoms with E-state index in [-0.39, 0.29) is 29.9 Å². The van der Waals surface area contributed by atoms with Gasteiger partial charge < -0.3 is 15.0 Å². The van der Waals surface area contributed by atoms with Gasteiger partial charge in [0.2, 0.25) is 5.91 Å². The number of benzene rings is 1. The number of nitrogens with zero attached hydrogens (tertiary/aromatic N) is 1. The van der Waals surface area contributed by atoms with Gasteiger partial charge in [-0.25, -0.2) is 13.2 Å². The summed E-state index contributed by atoms with van der Waals surface area (Å²) in [5, 5.41) is 3.13. The predicted molar refractivity (Wildman–Crippen MR) is 95.3 cm³/mol. The Balaban J connectivity index is 1.84. The largest absolute Gasteiger partial charge is 0.465 e. The number of ether oxygens (including phenoxy) is 1. The zero-order valence-electron chi connectivity index (χ0n) is 14.5. The van der Waals surface area contributed by atoms with Gasteiger partial charge in [-0.2, -0.15) is 0 Å². The first-order chi connectivity index (χ1) is 11.9. The van der Waals surface area contributed by atoms with Crippen molar-refractivity contribution in [3.05, 3.63) is 29.8 Å². The highest BCUT2D eigenvalue weighted by Crippen LogP contribution is 2.18. The number of carbonyl (C=O) groups is 2. The normalized spacial score (nSPS) is 18.6. The summed E-state index contributed by atoms with van der Waals surface area (Å²) < 4.78 is 27.8. The molecule has 1 aliphatic heterocycles. The average molecular weight is 368 g/mol. The van der Waals surface area contributed by atoms with E-state index in [9.17, 15) is 18.0 Å². The van der Waals surface area contributed by atoms with Crippen LogP contribution in [0.2, 0.25) is 0 Å². The maximum atomic E-state index is 12.4. The molecule has 0 aliphatic carbocycles. The lowest BCUT2D eigenvalue weighted by Crippen LogP contribution is -2.41. The molecule has 1 fully saturated rings. The summed E-state index contributed by atoms with van der Waals surface area (Å²) in [6, 6.07) is 6.59. The highest BCUT2D eigenvalue weighted by molar-refractivity contribution is 7.91. The van der Waals surface area contributed by atoms with E-state index in [0.717, 1.165) is 5.69 Å². The number of esters is 1. The minimum Gasteiger partial charge on any atom is -0.465 e. The quantitative estimate of drug-likeness (QED) is 0.730. The molecular weight excluding hydrogens is 344 g/mol. The van der Waals surface area contributed by atoms with E-state index in [0.29, 0.717) is 25.1 Å². The molecule has 0 spiro atoms. The number of carbonyl (C=O) groups excluding carboxylic acids is 2. The third kappa shape index (κ3) is 5.19. The second-order valence-corrected chi connectivity index (χ2v) is 8.21. The minimum atomic E-state index is -3.01. The molecule has 1 atom stereocenters. The Morgan fingerprint density at radius 3 is 2.48 bits per heavy atom. The number of hydrogen-bond acceptors (Lipinski definition) is 6. The van der Waals surface area contributed by atoms with Crippen LogP contribution in [0, 0.1) is 0 Å². The van der Waals surface area contributed by atoms with E-state index in [1.807, 2.05) is 6.92 Å². The maximum absolute atomic E-state index is 12.4. The van der Waals surface area contributed by atoms with Crippen LogP contribution in [0.25, 0.3) is 0 Å². The monoisotopic (exact) mass is 368 g/mol. The van der Waals surface area contributed by atoms with Crippen LogP contribution >= 0.6 is 0 Å². The van der Waals surface area contributed by atoms with Gasteiger partial charge in [0.25, 0.3) is 0 Å². The molecule has 1 aromatic rings. The van der Waals surface area contributed by atoms with E-state index in [4.69, 9.17) is 0 Å². The maximum Gasteiger partial charge on any atom is 0.337 e. The summed E-state index contributed by atoms with van der Waals surface area (Å²) in [5.74, 6) is -0.226. The van der Waals surface area contributed by atoms with E-state index < -0.39 is 15.8 Å². The van der Waals surface area contributed by atoms with Crippen molar-refractivity contribution in [1.29, 1.82) is 0 Å². The van der Waals surface area contributed by atoms with Gasteiger partial charge in [0, 0.05) is 31.2 Å². The van der Waals surface area contributed by atoms with Gasteiger partial charge in [-0.1, -0.05) is 0 Å². The predicted octanol–water partition coefficient (Wildman–Crippen LogP) is 1.31. The van der Waals surface area contributed by atoms with Crippen molar-refractivity contribution in [2.45, 2.75) is 25.8 Å². The molecule has 0 saturated carbocycles. The summed E-state index contributed by atoms with van der Waals surface area (Å²) >= 11 is 0. The lowest BCUT2D eigenvalue weighted by atomic mass is 10.2. The number of hydrogen-bond donors (Lipinski definition) is 1. The molecule has 8 heteroatoms. The standard InChI is InChI=1S/C17H24N2O5S/c1-3-19(15-9-11-25(22,23)12-15)16(20)8-10-18-14-6-4-13(5-7-14)17(21)24-2/h4-7,15,18H,3,8-12H2,1-2H3. The second-order valence-electron chi connectivity index (χ2n) is 5.98. The van der Waals surface area contributed by atoms with Crippen molar-refractivity contribution in [3.63, 3.8) is 0 Å². The average Bonchev–Trinajstić information content (AvgIpc) is 2.95. The van der Waals surface area contributed by atoms with Crippen molar-refractivity contribution in [3.8, 4) is 0 Å². The highest BCUT2D eigenvalue weighted by Gasteiger charge is 2.33. The Kier molecular flexibility index (Phi) is 6.41. The van der Waals surface area contributed by atoms with Crippen LogP contribution in [0.1, 0.15) is 30.1 Å². The molecule has 7 nitrogen and oxygen atoms in total. The van der Waals surface area contributed by atoms with Crippen LogP contribution in [0.4, 0.5) is 5.69 Å². The Morgan fingerprint density at radius 2 is 1.96 bits per heavy atom. The first kappa shape index (κ1) is 19.2. The lowest BCUT2D eigenvalue weighted by Gasteiger charge is -2.27. The zero-order chi connectivity index (χ0) is 18.4. The molecule has 138 valence electrons. The van der Waals surface area contributed by atoms with Crippen molar-refractivity contribution in [2.24, 2.45) is 0 Å². The summed E-state index contributed by atoms with van der Waals surface area (Å²) in [6.07, 6.45) is 0.799. The first-order valence-electron chi connectivity index (χ1n) is 8.28. The van der Waals surface area contributed by atoms with Crippen molar-refractivity contribution < 1.29 is 22.7 Å². The molecule has 1 unspecified atom stereocenters.